The van der Waals surface area contributed by atoms with Crippen LogP contribution in [0.4, 0.5) is 0 Å². The molecule has 58 valence electrons. The molecule has 0 aliphatic rings. The summed E-state index contributed by atoms with van der Waals surface area (Å²) in [5.41, 5.74) is 2.31. The van der Waals surface area contributed by atoms with Crippen molar-refractivity contribution in [2.24, 2.45) is 5.92 Å². The molecule has 0 saturated heterocycles. The largest absolute Gasteiger partial charge is 0.308 e. The third kappa shape index (κ3) is 2.56. The van der Waals surface area contributed by atoms with E-state index in [1.807, 2.05) is 6.92 Å². The van der Waals surface area contributed by atoms with E-state index in [2.05, 4.69) is 26.5 Å². The Bertz CT molecular complexity index is 147. The fourth-order valence-corrected chi connectivity index (χ4v) is 1.47. The molecule has 0 atom stereocenters. The van der Waals surface area contributed by atoms with Crippen LogP contribution in [-0.4, -0.2) is 12.0 Å². The van der Waals surface area contributed by atoms with Crippen molar-refractivity contribution in [2.75, 3.05) is 5.75 Å². The van der Waals surface area contributed by atoms with Gasteiger partial charge in [-0.1, -0.05) is 19.4 Å². The molecule has 0 spiro atoms. The van der Waals surface area contributed by atoms with E-state index >= 15 is 0 Å². The number of hydrogen-bond acceptors (Lipinski definition) is 2. The van der Waals surface area contributed by atoms with E-state index in [1.54, 1.807) is 0 Å². The molecule has 0 fully saturated rings. The number of nitrogens with one attached hydrogen (secondary N) is 1. The number of thiol groups is 1. The van der Waals surface area contributed by atoms with E-state index in [0.717, 1.165) is 11.3 Å². The first kappa shape index (κ1) is 9.76. The molecule has 0 radical (unpaired) electrons. The molecule has 0 unspecified atom stereocenters. The van der Waals surface area contributed by atoms with E-state index in [9.17, 15) is 0 Å². The lowest BCUT2D eigenvalue weighted by Gasteiger charge is -2.09. The van der Waals surface area contributed by atoms with Gasteiger partial charge >= 0.3 is 0 Å². The normalized spacial score (nSPS) is 13.3. The van der Waals surface area contributed by atoms with Crippen LogP contribution >= 0.6 is 12.6 Å². The molecule has 0 aliphatic carbocycles. The molecule has 1 nitrogen and oxygen atoms in total. The maximum absolute atomic E-state index is 7.02. The van der Waals surface area contributed by atoms with E-state index in [1.165, 1.54) is 11.8 Å². The van der Waals surface area contributed by atoms with Crippen LogP contribution in [0.25, 0.3) is 0 Å². The van der Waals surface area contributed by atoms with Crippen LogP contribution in [0.2, 0.25) is 0 Å². The average molecular weight is 157 g/mol. The molecule has 0 aromatic heterocycles. The van der Waals surface area contributed by atoms with Gasteiger partial charge < -0.3 is 5.41 Å². The van der Waals surface area contributed by atoms with Crippen molar-refractivity contribution in [3.63, 3.8) is 0 Å². The minimum Gasteiger partial charge on any atom is -0.308 e. The predicted molar refractivity (Wildman–Crippen MR) is 50.2 cm³/mol. The molecular weight excluding hydrogens is 142 g/mol. The maximum Gasteiger partial charge on any atom is 0.0206 e. The van der Waals surface area contributed by atoms with Gasteiger partial charge in [0.25, 0.3) is 0 Å². The summed E-state index contributed by atoms with van der Waals surface area (Å²) in [6.07, 6.45) is 1.39. The van der Waals surface area contributed by atoms with Crippen LogP contribution in [0.5, 0.6) is 0 Å². The molecule has 0 amide bonds. The minimum absolute atomic E-state index is 0.513. The van der Waals surface area contributed by atoms with Crippen molar-refractivity contribution in [3.8, 4) is 0 Å². The fourth-order valence-electron chi connectivity index (χ4n) is 0.855. The van der Waals surface area contributed by atoms with Crippen molar-refractivity contribution < 1.29 is 0 Å². The zero-order chi connectivity index (χ0) is 8.15. The molecule has 0 bridgehead atoms. The Morgan fingerprint density at radius 3 is 2.20 bits per heavy atom. The summed E-state index contributed by atoms with van der Waals surface area (Å²) in [7, 11) is 0. The van der Waals surface area contributed by atoms with Crippen LogP contribution in [0.15, 0.2) is 11.1 Å². The van der Waals surface area contributed by atoms with Gasteiger partial charge in [-0.3, -0.25) is 0 Å². The van der Waals surface area contributed by atoms with Crippen molar-refractivity contribution in [3.05, 3.63) is 11.1 Å². The second kappa shape index (κ2) is 4.56. The maximum atomic E-state index is 7.02. The molecule has 2 heteroatoms. The zero-order valence-electron chi connectivity index (χ0n) is 6.81. The van der Waals surface area contributed by atoms with Gasteiger partial charge in [0.15, 0.2) is 0 Å². The van der Waals surface area contributed by atoms with Gasteiger partial charge in [0, 0.05) is 12.0 Å². The summed E-state index contributed by atoms with van der Waals surface area (Å²) in [5, 5.41) is 7.02. The van der Waals surface area contributed by atoms with Crippen molar-refractivity contribution >= 4 is 18.8 Å². The number of rotatable bonds is 3. The standard InChI is InChI=1S/C8H15NS/c1-6(2)8(5-10)7(3)4-9/h4,6,9-10H,5H2,1-3H3/b8-7-,9-4?. The molecule has 0 aromatic carbocycles. The molecule has 0 aliphatic heterocycles. The highest BCUT2D eigenvalue weighted by Gasteiger charge is 2.02. The van der Waals surface area contributed by atoms with E-state index in [0.29, 0.717) is 5.92 Å². The van der Waals surface area contributed by atoms with Gasteiger partial charge in [0.2, 0.25) is 0 Å². The van der Waals surface area contributed by atoms with Gasteiger partial charge in [-0.05, 0) is 18.4 Å². The summed E-state index contributed by atoms with van der Waals surface area (Å²) < 4.78 is 0. The number of hydrogen-bond donors (Lipinski definition) is 2. The van der Waals surface area contributed by atoms with Gasteiger partial charge in [0.1, 0.15) is 0 Å². The molecule has 0 rings (SSSR count). The Labute approximate surface area is 68.4 Å². The highest BCUT2D eigenvalue weighted by Crippen LogP contribution is 2.14. The van der Waals surface area contributed by atoms with Crippen molar-refractivity contribution in [2.45, 2.75) is 20.8 Å². The lowest BCUT2D eigenvalue weighted by Crippen LogP contribution is -1.99. The number of allylic oxidation sites excluding steroid dienone is 1. The smallest absolute Gasteiger partial charge is 0.0206 e. The molecule has 1 N–H and O–H groups in total. The Kier molecular flexibility index (Phi) is 4.45. The quantitative estimate of drug-likeness (QED) is 0.465. The second-order valence-electron chi connectivity index (χ2n) is 2.67. The van der Waals surface area contributed by atoms with Gasteiger partial charge in [0.05, 0.1) is 0 Å². The van der Waals surface area contributed by atoms with Gasteiger partial charge in [-0.2, -0.15) is 12.6 Å². The Morgan fingerprint density at radius 1 is 1.60 bits per heavy atom. The third-order valence-corrected chi connectivity index (χ3v) is 1.93. The summed E-state index contributed by atoms with van der Waals surface area (Å²) >= 11 is 4.19. The fraction of sp³-hybridized carbons (Fsp3) is 0.625. The van der Waals surface area contributed by atoms with Crippen molar-refractivity contribution in [1.29, 1.82) is 5.41 Å². The third-order valence-electron chi connectivity index (χ3n) is 1.59. The van der Waals surface area contributed by atoms with E-state index in [-0.39, 0.29) is 0 Å². The first-order valence-corrected chi connectivity index (χ1v) is 4.07. The summed E-state index contributed by atoms with van der Waals surface area (Å²) in [5.74, 6) is 1.28. The van der Waals surface area contributed by atoms with E-state index < -0.39 is 0 Å². The summed E-state index contributed by atoms with van der Waals surface area (Å²) in [6, 6.07) is 0. The van der Waals surface area contributed by atoms with Gasteiger partial charge in [-0.15, -0.1) is 0 Å². The summed E-state index contributed by atoms with van der Waals surface area (Å²) in [6.45, 7) is 6.20. The second-order valence-corrected chi connectivity index (χ2v) is 2.98. The SMILES string of the molecule is C/C(C=N)=C(\CS)C(C)C. The van der Waals surface area contributed by atoms with E-state index in [4.69, 9.17) is 5.41 Å². The van der Waals surface area contributed by atoms with Gasteiger partial charge in [-0.25, -0.2) is 0 Å². The zero-order valence-corrected chi connectivity index (χ0v) is 7.70. The Balaban J connectivity index is 4.45. The first-order valence-electron chi connectivity index (χ1n) is 3.44. The molecular formula is C8H15NS. The topological polar surface area (TPSA) is 23.9 Å². The molecule has 0 saturated carbocycles. The Hall–Kier alpha value is -0.240. The monoisotopic (exact) mass is 157 g/mol. The first-order chi connectivity index (χ1) is 4.63. The average Bonchev–Trinajstić information content (AvgIpc) is 1.88. The predicted octanol–water partition coefficient (Wildman–Crippen LogP) is 2.54. The lowest BCUT2D eigenvalue weighted by molar-refractivity contribution is 0.767. The van der Waals surface area contributed by atoms with Crippen LogP contribution < -0.4 is 0 Å². The summed E-state index contributed by atoms with van der Waals surface area (Å²) in [4.78, 5) is 0. The highest BCUT2D eigenvalue weighted by atomic mass is 32.1. The molecule has 10 heavy (non-hydrogen) atoms. The van der Waals surface area contributed by atoms with Crippen molar-refractivity contribution in [1.82, 2.24) is 0 Å². The molecule has 0 heterocycles. The van der Waals surface area contributed by atoms with Crippen LogP contribution in [0.3, 0.4) is 0 Å². The molecule has 0 aromatic rings. The lowest BCUT2D eigenvalue weighted by atomic mass is 10.0. The van der Waals surface area contributed by atoms with Crippen LogP contribution in [0, 0.1) is 11.3 Å². The highest BCUT2D eigenvalue weighted by molar-refractivity contribution is 7.80. The Morgan fingerprint density at radius 2 is 2.10 bits per heavy atom. The minimum atomic E-state index is 0.513. The van der Waals surface area contributed by atoms with Crippen LogP contribution in [-0.2, 0) is 0 Å². The van der Waals surface area contributed by atoms with Crippen LogP contribution in [0.1, 0.15) is 20.8 Å².